The average Bonchev–Trinajstić information content (AvgIpc) is 3.20. The average molecular weight is 512 g/mol. The zero-order chi connectivity index (χ0) is 23.7. The van der Waals surface area contributed by atoms with Gasteiger partial charge >= 0.3 is 0 Å². The second-order valence-corrected chi connectivity index (χ2v) is 12.3. The van der Waals surface area contributed by atoms with Crippen molar-refractivity contribution in [3.05, 3.63) is 107 Å². The van der Waals surface area contributed by atoms with Crippen LogP contribution in [0.3, 0.4) is 0 Å². The normalized spacial score (nSPS) is 19.4. The summed E-state index contributed by atoms with van der Waals surface area (Å²) in [5, 5.41) is 1.12. The number of halogens is 2. The molecule has 34 heavy (non-hydrogen) atoms. The number of hydrogen-bond donors (Lipinski definition) is 0. The molecule has 3 aromatic rings. The second kappa shape index (κ2) is 9.79. The number of hydrogen-bond acceptors (Lipinski definition) is 2. The van der Waals surface area contributed by atoms with E-state index in [0.29, 0.717) is 23.1 Å². The van der Waals surface area contributed by atoms with Gasteiger partial charge < -0.3 is 9.34 Å². The Labute approximate surface area is 211 Å². The van der Waals surface area contributed by atoms with Crippen LogP contribution < -0.4 is 9.34 Å². The molecule has 0 aliphatic carbocycles. The molecule has 0 spiro atoms. The molecule has 3 aromatic carbocycles. The third-order valence-corrected chi connectivity index (χ3v) is 10.8. The van der Waals surface area contributed by atoms with Gasteiger partial charge in [0, 0.05) is 47.6 Å². The molecule has 2 fully saturated rings. The van der Waals surface area contributed by atoms with Crippen molar-refractivity contribution < 1.29 is 4.57 Å². The van der Waals surface area contributed by atoms with E-state index in [0.717, 1.165) is 42.9 Å². The molecule has 0 saturated carbocycles. The highest BCUT2D eigenvalue weighted by Gasteiger charge is 2.52. The van der Waals surface area contributed by atoms with Gasteiger partial charge in [-0.2, -0.15) is 0 Å². The highest BCUT2D eigenvalue weighted by atomic mass is 35.5. The molecule has 1 atom stereocenters. The van der Waals surface area contributed by atoms with Gasteiger partial charge in [-0.25, -0.2) is 0 Å². The first kappa shape index (κ1) is 23.5. The second-order valence-electron chi connectivity index (χ2n) is 8.83. The van der Waals surface area contributed by atoms with Crippen LogP contribution in [0.4, 0.5) is 11.4 Å². The van der Waals surface area contributed by atoms with Crippen LogP contribution in [0, 0.1) is 0 Å². The van der Waals surface area contributed by atoms with E-state index in [1.807, 2.05) is 72.8 Å². The minimum absolute atomic E-state index is 0.409. The molecule has 2 saturated heterocycles. The molecule has 7 heteroatoms. The first-order valence-electron chi connectivity index (χ1n) is 11.6. The summed E-state index contributed by atoms with van der Waals surface area (Å²) in [7, 11) is -3.26. The van der Waals surface area contributed by atoms with Crippen molar-refractivity contribution >= 4 is 42.0 Å². The summed E-state index contributed by atoms with van der Waals surface area (Å²) in [6, 6.07) is 25.7. The van der Waals surface area contributed by atoms with E-state index in [-0.39, 0.29) is 0 Å². The standard InChI is InChI=1S/C27H28Cl2N3OP/c1-21-14-16-30(17-15-21)27(25-13-12-22(28)20-26(25)29)34(33)31(23-8-4-2-5-9-23)18-19-32(34)24-10-6-3-7-11-24/h2-13,20,27H,1,14-19H2. The van der Waals surface area contributed by atoms with Crippen molar-refractivity contribution in [1.82, 2.24) is 4.90 Å². The van der Waals surface area contributed by atoms with Crippen LogP contribution in [0.1, 0.15) is 24.2 Å². The molecule has 2 aliphatic rings. The Bertz CT molecular complexity index is 1160. The molecule has 0 aromatic heterocycles. The van der Waals surface area contributed by atoms with Crippen LogP contribution in [0.2, 0.25) is 10.0 Å². The number of anilines is 2. The Balaban J connectivity index is 1.71. The summed E-state index contributed by atoms with van der Waals surface area (Å²) in [5.74, 6) is -0.409. The largest absolute Gasteiger partial charge is 0.304 e. The summed E-state index contributed by atoms with van der Waals surface area (Å²) in [6.07, 6.45) is 1.77. The number of benzene rings is 3. The van der Waals surface area contributed by atoms with Gasteiger partial charge in [0.1, 0.15) is 5.78 Å². The maximum Gasteiger partial charge on any atom is 0.284 e. The Morgan fingerprint density at radius 3 is 1.79 bits per heavy atom. The van der Waals surface area contributed by atoms with Gasteiger partial charge in [-0.15, -0.1) is 0 Å². The summed E-state index contributed by atoms with van der Waals surface area (Å²) < 4.78 is 19.9. The highest BCUT2D eigenvalue weighted by molar-refractivity contribution is 7.67. The maximum absolute atomic E-state index is 15.7. The summed E-state index contributed by atoms with van der Waals surface area (Å²) in [4.78, 5) is 2.34. The van der Waals surface area contributed by atoms with Crippen LogP contribution in [0.25, 0.3) is 0 Å². The molecule has 5 rings (SSSR count). The Morgan fingerprint density at radius 2 is 1.29 bits per heavy atom. The van der Waals surface area contributed by atoms with Crippen LogP contribution >= 0.6 is 30.6 Å². The van der Waals surface area contributed by atoms with Crippen LogP contribution in [0.5, 0.6) is 0 Å². The Morgan fingerprint density at radius 1 is 0.765 bits per heavy atom. The van der Waals surface area contributed by atoms with E-state index in [9.17, 15) is 0 Å². The molecule has 1 unspecified atom stereocenters. The fourth-order valence-corrected chi connectivity index (χ4v) is 9.35. The lowest BCUT2D eigenvalue weighted by molar-refractivity contribution is 0.231. The predicted molar refractivity (Wildman–Crippen MR) is 144 cm³/mol. The van der Waals surface area contributed by atoms with E-state index >= 15 is 4.57 Å². The van der Waals surface area contributed by atoms with Crippen molar-refractivity contribution in [2.75, 3.05) is 35.5 Å². The zero-order valence-electron chi connectivity index (χ0n) is 19.0. The first-order chi connectivity index (χ1) is 16.5. The van der Waals surface area contributed by atoms with Crippen LogP contribution in [0.15, 0.2) is 91.0 Å². The quantitative estimate of drug-likeness (QED) is 0.257. The minimum atomic E-state index is -3.26. The van der Waals surface area contributed by atoms with Gasteiger partial charge in [0.05, 0.1) is 0 Å². The molecular weight excluding hydrogens is 484 g/mol. The van der Waals surface area contributed by atoms with E-state index in [4.69, 9.17) is 23.2 Å². The molecular formula is C27H28Cl2N3OP. The Hall–Kier alpha value is -2.23. The summed E-state index contributed by atoms with van der Waals surface area (Å²) in [5.41, 5.74) is 4.01. The van der Waals surface area contributed by atoms with E-state index in [2.05, 4.69) is 20.8 Å². The predicted octanol–water partition coefficient (Wildman–Crippen LogP) is 7.86. The Kier molecular flexibility index (Phi) is 6.77. The van der Waals surface area contributed by atoms with Gasteiger partial charge in [-0.1, -0.05) is 77.8 Å². The molecule has 2 aliphatic heterocycles. The molecule has 4 nitrogen and oxygen atoms in total. The van der Waals surface area contributed by atoms with Crippen LogP contribution in [-0.2, 0) is 4.57 Å². The third kappa shape index (κ3) is 4.29. The fraction of sp³-hybridized carbons (Fsp3) is 0.259. The van der Waals surface area contributed by atoms with Crippen molar-refractivity contribution in [1.29, 1.82) is 0 Å². The molecule has 0 amide bonds. The SMILES string of the molecule is C=C1CCN(C(c2ccc(Cl)cc2Cl)P2(=O)N(c3ccccc3)CCN2c2ccccc2)CC1. The molecule has 176 valence electrons. The number of piperidine rings is 1. The van der Waals surface area contributed by atoms with Crippen molar-refractivity contribution in [2.24, 2.45) is 0 Å². The molecule has 0 bridgehead atoms. The van der Waals surface area contributed by atoms with Gasteiger partial charge in [0.15, 0.2) is 0 Å². The van der Waals surface area contributed by atoms with E-state index in [1.54, 1.807) is 6.07 Å². The first-order valence-corrected chi connectivity index (χ1v) is 14.0. The van der Waals surface area contributed by atoms with Gasteiger partial charge in [0.25, 0.3) is 7.44 Å². The van der Waals surface area contributed by atoms with Crippen molar-refractivity contribution in [2.45, 2.75) is 18.6 Å². The van der Waals surface area contributed by atoms with Gasteiger partial charge in [0.2, 0.25) is 0 Å². The van der Waals surface area contributed by atoms with E-state index < -0.39 is 13.2 Å². The van der Waals surface area contributed by atoms with Gasteiger partial charge in [-0.3, -0.25) is 9.46 Å². The lowest BCUT2D eigenvalue weighted by Gasteiger charge is -2.44. The van der Waals surface area contributed by atoms with Crippen molar-refractivity contribution in [3.8, 4) is 0 Å². The number of rotatable bonds is 5. The lowest BCUT2D eigenvalue weighted by Crippen LogP contribution is -2.39. The number of nitrogens with zero attached hydrogens (tertiary/aromatic N) is 3. The monoisotopic (exact) mass is 511 g/mol. The highest BCUT2D eigenvalue weighted by Crippen LogP contribution is 2.70. The lowest BCUT2D eigenvalue weighted by atomic mass is 10.1. The maximum atomic E-state index is 15.7. The molecule has 0 radical (unpaired) electrons. The van der Waals surface area contributed by atoms with E-state index in [1.165, 1.54) is 5.57 Å². The third-order valence-electron chi connectivity index (χ3n) is 6.73. The zero-order valence-corrected chi connectivity index (χ0v) is 21.4. The van der Waals surface area contributed by atoms with Crippen LogP contribution in [-0.4, -0.2) is 31.1 Å². The topological polar surface area (TPSA) is 26.8 Å². The van der Waals surface area contributed by atoms with Crippen molar-refractivity contribution in [3.63, 3.8) is 0 Å². The number of para-hydroxylation sites is 2. The number of likely N-dealkylation sites (tertiary alicyclic amines) is 1. The smallest absolute Gasteiger partial charge is 0.284 e. The minimum Gasteiger partial charge on any atom is -0.304 e. The van der Waals surface area contributed by atoms with Gasteiger partial charge in [-0.05, 0) is 54.8 Å². The molecule has 2 heterocycles. The molecule has 0 N–H and O–H groups in total. The fourth-order valence-electron chi connectivity index (χ4n) is 5.05. The summed E-state index contributed by atoms with van der Waals surface area (Å²) >= 11 is 13.1. The summed E-state index contributed by atoms with van der Waals surface area (Å²) in [6.45, 7) is 7.10.